The Morgan fingerprint density at radius 3 is 2.69 bits per heavy atom. The van der Waals surface area contributed by atoms with Crippen LogP contribution in [0, 0.1) is 31.1 Å². The van der Waals surface area contributed by atoms with E-state index in [1.165, 1.54) is 5.56 Å². The summed E-state index contributed by atoms with van der Waals surface area (Å²) >= 11 is 0. The van der Waals surface area contributed by atoms with Crippen LogP contribution in [0.3, 0.4) is 0 Å². The van der Waals surface area contributed by atoms with Crippen LogP contribution < -0.4 is 5.32 Å². The van der Waals surface area contributed by atoms with Gasteiger partial charge in [0.2, 0.25) is 0 Å². The minimum atomic E-state index is 0.330. The number of hydrogen-bond donors (Lipinski definition) is 1. The summed E-state index contributed by atoms with van der Waals surface area (Å²) in [6.45, 7) is 10.6. The zero-order valence-electron chi connectivity index (χ0n) is 10.5. The number of nitrogens with one attached hydrogen (secondary N) is 1. The quantitative estimate of drug-likeness (QED) is 0.822. The maximum atomic E-state index is 8.67. The molecule has 1 aromatic rings. The molecule has 0 aliphatic heterocycles. The Balaban J connectivity index is 2.69. The van der Waals surface area contributed by atoms with E-state index < -0.39 is 0 Å². The molecule has 0 bridgehead atoms. The SMILES string of the molecule is Cc1nn(CC#N)c(C)c1CNCC(C)C. The molecule has 88 valence electrons. The second kappa shape index (κ2) is 5.66. The number of rotatable bonds is 5. The maximum absolute atomic E-state index is 8.67. The summed E-state index contributed by atoms with van der Waals surface area (Å²) in [6.07, 6.45) is 0. The third-order valence-corrected chi connectivity index (χ3v) is 2.61. The van der Waals surface area contributed by atoms with Crippen LogP contribution in [-0.2, 0) is 13.1 Å². The van der Waals surface area contributed by atoms with E-state index in [1.54, 1.807) is 4.68 Å². The van der Waals surface area contributed by atoms with Crippen molar-refractivity contribution in [2.75, 3.05) is 6.54 Å². The molecule has 0 unspecified atom stereocenters. The van der Waals surface area contributed by atoms with Gasteiger partial charge in [-0.15, -0.1) is 0 Å². The zero-order chi connectivity index (χ0) is 12.1. The molecule has 4 heteroatoms. The van der Waals surface area contributed by atoms with E-state index in [4.69, 9.17) is 5.26 Å². The molecule has 0 aliphatic rings. The molecule has 0 saturated heterocycles. The van der Waals surface area contributed by atoms with Gasteiger partial charge < -0.3 is 5.32 Å². The van der Waals surface area contributed by atoms with E-state index in [2.05, 4.69) is 30.3 Å². The fourth-order valence-corrected chi connectivity index (χ4v) is 1.70. The van der Waals surface area contributed by atoms with Crippen LogP contribution in [0.5, 0.6) is 0 Å². The van der Waals surface area contributed by atoms with Crippen LogP contribution in [0.15, 0.2) is 0 Å². The Morgan fingerprint density at radius 2 is 2.12 bits per heavy atom. The fourth-order valence-electron chi connectivity index (χ4n) is 1.70. The van der Waals surface area contributed by atoms with Crippen LogP contribution in [0.2, 0.25) is 0 Å². The fraction of sp³-hybridized carbons (Fsp3) is 0.667. The molecule has 0 aromatic carbocycles. The van der Waals surface area contributed by atoms with E-state index in [-0.39, 0.29) is 0 Å². The highest BCUT2D eigenvalue weighted by molar-refractivity contribution is 5.24. The van der Waals surface area contributed by atoms with Crippen molar-refractivity contribution in [3.05, 3.63) is 17.0 Å². The average Bonchev–Trinajstić information content (AvgIpc) is 2.45. The molecular weight excluding hydrogens is 200 g/mol. The summed E-state index contributed by atoms with van der Waals surface area (Å²) in [5.74, 6) is 0.648. The summed E-state index contributed by atoms with van der Waals surface area (Å²) in [7, 11) is 0. The van der Waals surface area contributed by atoms with Crippen molar-refractivity contribution in [1.82, 2.24) is 15.1 Å². The summed E-state index contributed by atoms with van der Waals surface area (Å²) in [5.41, 5.74) is 3.33. The smallest absolute Gasteiger partial charge is 0.128 e. The van der Waals surface area contributed by atoms with Crippen molar-refractivity contribution in [2.45, 2.75) is 40.8 Å². The van der Waals surface area contributed by atoms with Crippen LogP contribution in [0.25, 0.3) is 0 Å². The lowest BCUT2D eigenvalue weighted by Gasteiger charge is -2.07. The lowest BCUT2D eigenvalue weighted by molar-refractivity contribution is 0.550. The Hall–Kier alpha value is -1.34. The molecule has 1 aromatic heterocycles. The van der Waals surface area contributed by atoms with Gasteiger partial charge in [0.15, 0.2) is 0 Å². The number of aryl methyl sites for hydroxylation is 1. The summed E-state index contributed by atoms with van der Waals surface area (Å²) in [4.78, 5) is 0. The first-order valence-electron chi connectivity index (χ1n) is 5.66. The third kappa shape index (κ3) is 3.07. The second-order valence-electron chi connectivity index (χ2n) is 4.49. The second-order valence-corrected chi connectivity index (χ2v) is 4.49. The first-order chi connectivity index (χ1) is 7.56. The van der Waals surface area contributed by atoms with Crippen LogP contribution in [0.1, 0.15) is 30.8 Å². The number of nitriles is 1. The minimum Gasteiger partial charge on any atom is -0.312 e. The molecule has 0 amide bonds. The summed E-state index contributed by atoms with van der Waals surface area (Å²) in [6, 6.07) is 2.12. The van der Waals surface area contributed by atoms with E-state index in [1.807, 2.05) is 13.8 Å². The van der Waals surface area contributed by atoms with E-state index in [0.717, 1.165) is 24.5 Å². The van der Waals surface area contributed by atoms with E-state index in [9.17, 15) is 0 Å². The van der Waals surface area contributed by atoms with Gasteiger partial charge in [-0.05, 0) is 26.3 Å². The zero-order valence-corrected chi connectivity index (χ0v) is 10.5. The molecule has 0 atom stereocenters. The van der Waals surface area contributed by atoms with E-state index >= 15 is 0 Å². The Kier molecular flexibility index (Phi) is 4.51. The lowest BCUT2D eigenvalue weighted by atomic mass is 10.2. The van der Waals surface area contributed by atoms with Gasteiger partial charge in [-0.1, -0.05) is 13.8 Å². The Labute approximate surface area is 97.3 Å². The summed E-state index contributed by atoms with van der Waals surface area (Å²) < 4.78 is 1.77. The Bertz CT molecular complexity index is 384. The molecule has 0 radical (unpaired) electrons. The Morgan fingerprint density at radius 1 is 1.44 bits per heavy atom. The molecule has 0 fully saturated rings. The van der Waals surface area contributed by atoms with Gasteiger partial charge >= 0.3 is 0 Å². The highest BCUT2D eigenvalue weighted by Gasteiger charge is 2.10. The summed E-state index contributed by atoms with van der Waals surface area (Å²) in [5, 5.41) is 16.4. The number of nitrogens with zero attached hydrogens (tertiary/aromatic N) is 3. The van der Waals surface area contributed by atoms with Crippen molar-refractivity contribution in [3.8, 4) is 6.07 Å². The topological polar surface area (TPSA) is 53.6 Å². The van der Waals surface area contributed by atoms with Gasteiger partial charge in [-0.2, -0.15) is 10.4 Å². The molecule has 0 spiro atoms. The monoisotopic (exact) mass is 220 g/mol. The molecule has 0 aliphatic carbocycles. The van der Waals surface area contributed by atoms with Gasteiger partial charge in [-0.25, -0.2) is 0 Å². The van der Waals surface area contributed by atoms with Crippen molar-refractivity contribution in [2.24, 2.45) is 5.92 Å². The van der Waals surface area contributed by atoms with Crippen molar-refractivity contribution in [1.29, 1.82) is 5.26 Å². The average molecular weight is 220 g/mol. The highest BCUT2D eigenvalue weighted by atomic mass is 15.3. The molecular formula is C12H20N4. The largest absolute Gasteiger partial charge is 0.312 e. The van der Waals surface area contributed by atoms with Gasteiger partial charge in [0, 0.05) is 17.8 Å². The van der Waals surface area contributed by atoms with Crippen LogP contribution in [0.4, 0.5) is 0 Å². The predicted octanol–water partition coefficient (Wildman–Crippen LogP) is 1.77. The normalized spacial score (nSPS) is 10.8. The van der Waals surface area contributed by atoms with Gasteiger partial charge in [0.05, 0.1) is 11.8 Å². The van der Waals surface area contributed by atoms with Crippen LogP contribution in [-0.4, -0.2) is 16.3 Å². The van der Waals surface area contributed by atoms with Crippen molar-refractivity contribution >= 4 is 0 Å². The predicted molar refractivity (Wildman–Crippen MR) is 63.9 cm³/mol. The first kappa shape index (κ1) is 12.7. The molecule has 0 saturated carbocycles. The number of hydrogen-bond acceptors (Lipinski definition) is 3. The maximum Gasteiger partial charge on any atom is 0.128 e. The van der Waals surface area contributed by atoms with Gasteiger partial charge in [-0.3, -0.25) is 4.68 Å². The third-order valence-electron chi connectivity index (χ3n) is 2.61. The molecule has 1 N–H and O–H groups in total. The number of aromatic nitrogens is 2. The molecule has 1 rings (SSSR count). The van der Waals surface area contributed by atoms with Gasteiger partial charge in [0.25, 0.3) is 0 Å². The van der Waals surface area contributed by atoms with E-state index in [0.29, 0.717) is 12.5 Å². The van der Waals surface area contributed by atoms with Gasteiger partial charge in [0.1, 0.15) is 6.54 Å². The first-order valence-corrected chi connectivity index (χ1v) is 5.66. The minimum absolute atomic E-state index is 0.330. The lowest BCUT2D eigenvalue weighted by Crippen LogP contribution is -2.19. The highest BCUT2D eigenvalue weighted by Crippen LogP contribution is 2.12. The van der Waals surface area contributed by atoms with Crippen molar-refractivity contribution < 1.29 is 0 Å². The molecule has 1 heterocycles. The molecule has 16 heavy (non-hydrogen) atoms. The van der Waals surface area contributed by atoms with Crippen LogP contribution >= 0.6 is 0 Å². The molecule has 4 nitrogen and oxygen atoms in total. The standard InChI is InChI=1S/C12H20N4/c1-9(2)7-14-8-12-10(3)15-16(6-5-13)11(12)4/h9,14H,6-8H2,1-4H3. The van der Waals surface area contributed by atoms with Crippen molar-refractivity contribution in [3.63, 3.8) is 0 Å².